The van der Waals surface area contributed by atoms with Crippen molar-refractivity contribution in [2.24, 2.45) is 13.0 Å². The lowest BCUT2D eigenvalue weighted by Crippen LogP contribution is -2.23. The van der Waals surface area contributed by atoms with Gasteiger partial charge in [0, 0.05) is 18.3 Å². The number of aromatic nitrogens is 3. The van der Waals surface area contributed by atoms with Crippen molar-refractivity contribution < 1.29 is 13.2 Å². The van der Waals surface area contributed by atoms with E-state index in [0.717, 1.165) is 37.1 Å². The average Bonchev–Trinajstić information content (AvgIpc) is 3.31. The number of nitrogens with one attached hydrogen (secondary N) is 1. The fourth-order valence-corrected chi connectivity index (χ4v) is 8.23. The SMILES string of the molecule is CC(Sc1nnc(CC2CCS(=O)(=O)C2)n1C)C(=O)Nc1sc2c(c1C#N)CCCCC2. The van der Waals surface area contributed by atoms with Gasteiger partial charge < -0.3 is 9.88 Å². The maximum Gasteiger partial charge on any atom is 0.238 e. The highest BCUT2D eigenvalue weighted by molar-refractivity contribution is 8.00. The Bertz CT molecular complexity index is 1160. The molecule has 172 valence electrons. The standard InChI is InChI=1S/C21H27N5O3S3/c1-13(19(27)23-20-16(11-22)15-6-4-3-5-7-17(15)31-20)30-21-25-24-18(26(21)2)10-14-8-9-32(28,29)12-14/h13-14H,3-10,12H2,1-2H3,(H,23,27). The lowest BCUT2D eigenvalue weighted by molar-refractivity contribution is -0.115. The number of sulfone groups is 1. The van der Waals surface area contributed by atoms with Crippen LogP contribution in [0.1, 0.15) is 54.4 Å². The molecule has 1 N–H and O–H groups in total. The molecule has 0 bridgehead atoms. The highest BCUT2D eigenvalue weighted by Gasteiger charge is 2.30. The second kappa shape index (κ2) is 9.53. The molecule has 1 saturated heterocycles. The Morgan fingerprint density at radius 2 is 2.12 bits per heavy atom. The molecule has 2 unspecified atom stereocenters. The van der Waals surface area contributed by atoms with E-state index < -0.39 is 15.1 Å². The van der Waals surface area contributed by atoms with E-state index >= 15 is 0 Å². The molecular formula is C21H27N5O3S3. The molecular weight excluding hydrogens is 466 g/mol. The van der Waals surface area contributed by atoms with Crippen LogP contribution < -0.4 is 5.32 Å². The Labute approximate surface area is 196 Å². The van der Waals surface area contributed by atoms with Crippen LogP contribution in [0.2, 0.25) is 0 Å². The van der Waals surface area contributed by atoms with Gasteiger partial charge in [0.05, 0.1) is 22.3 Å². The summed E-state index contributed by atoms with van der Waals surface area (Å²) in [4.78, 5) is 14.1. The van der Waals surface area contributed by atoms with E-state index in [1.54, 1.807) is 0 Å². The summed E-state index contributed by atoms with van der Waals surface area (Å²) in [5.74, 6) is 1.07. The minimum absolute atomic E-state index is 0.0694. The number of thiophene rings is 1. The fraction of sp³-hybridized carbons (Fsp3) is 0.619. The van der Waals surface area contributed by atoms with Gasteiger partial charge in [-0.25, -0.2) is 8.42 Å². The van der Waals surface area contributed by atoms with Crippen LogP contribution >= 0.6 is 23.1 Å². The number of nitrogens with zero attached hydrogens (tertiary/aromatic N) is 4. The third-order valence-electron chi connectivity index (χ3n) is 6.14. The minimum atomic E-state index is -2.93. The topological polar surface area (TPSA) is 118 Å². The smallest absolute Gasteiger partial charge is 0.238 e. The number of rotatable bonds is 6. The third kappa shape index (κ3) is 5.02. The summed E-state index contributed by atoms with van der Waals surface area (Å²) in [6.45, 7) is 1.81. The summed E-state index contributed by atoms with van der Waals surface area (Å²) < 4.78 is 25.3. The molecule has 0 radical (unpaired) electrons. The summed E-state index contributed by atoms with van der Waals surface area (Å²) >= 11 is 2.84. The molecule has 2 atom stereocenters. The van der Waals surface area contributed by atoms with Gasteiger partial charge in [0.25, 0.3) is 0 Å². The summed E-state index contributed by atoms with van der Waals surface area (Å²) in [7, 11) is -1.09. The van der Waals surface area contributed by atoms with E-state index in [1.165, 1.54) is 34.4 Å². The number of nitriles is 1. The van der Waals surface area contributed by atoms with Crippen molar-refractivity contribution in [3.05, 3.63) is 21.8 Å². The van der Waals surface area contributed by atoms with E-state index in [-0.39, 0.29) is 23.3 Å². The highest BCUT2D eigenvalue weighted by atomic mass is 32.2. The lowest BCUT2D eigenvalue weighted by Gasteiger charge is -2.12. The van der Waals surface area contributed by atoms with Gasteiger partial charge in [0.1, 0.15) is 16.9 Å². The molecule has 11 heteroatoms. The minimum Gasteiger partial charge on any atom is -0.316 e. The molecule has 32 heavy (non-hydrogen) atoms. The van der Waals surface area contributed by atoms with E-state index in [1.807, 2.05) is 18.5 Å². The van der Waals surface area contributed by atoms with Gasteiger partial charge in [-0.3, -0.25) is 4.79 Å². The number of thioether (sulfide) groups is 1. The molecule has 2 aromatic rings. The van der Waals surface area contributed by atoms with Gasteiger partial charge in [0.15, 0.2) is 15.0 Å². The van der Waals surface area contributed by atoms with Gasteiger partial charge in [-0.2, -0.15) is 5.26 Å². The molecule has 2 aliphatic rings. The molecule has 8 nitrogen and oxygen atoms in total. The van der Waals surface area contributed by atoms with Gasteiger partial charge >= 0.3 is 0 Å². The van der Waals surface area contributed by atoms with E-state index in [2.05, 4.69) is 21.6 Å². The average molecular weight is 494 g/mol. The Balaban J connectivity index is 1.41. The van der Waals surface area contributed by atoms with Crippen molar-refractivity contribution in [3.63, 3.8) is 0 Å². The van der Waals surface area contributed by atoms with Crippen LogP contribution in [0.25, 0.3) is 0 Å². The summed E-state index contributed by atoms with van der Waals surface area (Å²) in [5, 5.41) is 21.9. The maximum atomic E-state index is 12.9. The maximum absolute atomic E-state index is 12.9. The van der Waals surface area contributed by atoms with Crippen molar-refractivity contribution in [2.45, 2.75) is 62.3 Å². The van der Waals surface area contributed by atoms with Crippen LogP contribution in [-0.2, 0) is 40.9 Å². The zero-order valence-corrected chi connectivity index (χ0v) is 20.7. The first kappa shape index (κ1) is 23.3. The molecule has 3 heterocycles. The Morgan fingerprint density at radius 1 is 1.34 bits per heavy atom. The lowest BCUT2D eigenvalue weighted by atomic mass is 10.1. The van der Waals surface area contributed by atoms with Crippen molar-refractivity contribution in [3.8, 4) is 6.07 Å². The zero-order chi connectivity index (χ0) is 22.9. The Kier molecular flexibility index (Phi) is 6.93. The number of fused-ring (bicyclic) bond motifs is 1. The Morgan fingerprint density at radius 3 is 2.84 bits per heavy atom. The van der Waals surface area contributed by atoms with Crippen molar-refractivity contribution >= 4 is 43.8 Å². The van der Waals surface area contributed by atoms with Crippen LogP contribution in [0.15, 0.2) is 5.16 Å². The largest absolute Gasteiger partial charge is 0.316 e. The molecule has 1 aliphatic carbocycles. The normalized spacial score (nSPS) is 20.8. The van der Waals surface area contributed by atoms with Crippen LogP contribution in [0.3, 0.4) is 0 Å². The summed E-state index contributed by atoms with van der Waals surface area (Å²) in [6, 6.07) is 2.30. The van der Waals surface area contributed by atoms with Crippen LogP contribution in [-0.4, -0.2) is 45.8 Å². The fourth-order valence-electron chi connectivity index (χ4n) is 4.29. The van der Waals surface area contributed by atoms with E-state index in [0.29, 0.717) is 28.6 Å². The predicted molar refractivity (Wildman–Crippen MR) is 126 cm³/mol. The third-order valence-corrected chi connectivity index (χ3v) is 10.3. The molecule has 1 amide bonds. The van der Waals surface area contributed by atoms with Gasteiger partial charge in [-0.1, -0.05) is 18.2 Å². The number of hydrogen-bond acceptors (Lipinski definition) is 8. The van der Waals surface area contributed by atoms with Crippen molar-refractivity contribution in [1.29, 1.82) is 5.26 Å². The van der Waals surface area contributed by atoms with Crippen LogP contribution in [0, 0.1) is 17.2 Å². The summed E-state index contributed by atoms with van der Waals surface area (Å²) in [5.41, 5.74) is 1.72. The molecule has 4 rings (SSSR count). The molecule has 0 aromatic carbocycles. The first-order valence-corrected chi connectivity index (χ1v) is 14.4. The second-order valence-electron chi connectivity index (χ2n) is 8.56. The number of carbonyl (C=O) groups is 1. The van der Waals surface area contributed by atoms with Crippen LogP contribution in [0.4, 0.5) is 5.00 Å². The predicted octanol–water partition coefficient (Wildman–Crippen LogP) is 3.11. The summed E-state index contributed by atoms with van der Waals surface area (Å²) in [6.07, 6.45) is 6.48. The number of carbonyl (C=O) groups excluding carboxylic acids is 1. The van der Waals surface area contributed by atoms with Gasteiger partial charge in [0.2, 0.25) is 5.91 Å². The molecule has 1 fully saturated rings. The zero-order valence-electron chi connectivity index (χ0n) is 18.3. The Hall–Kier alpha value is -1.90. The van der Waals surface area contributed by atoms with Gasteiger partial charge in [-0.15, -0.1) is 21.5 Å². The number of aryl methyl sites for hydroxylation is 1. The monoisotopic (exact) mass is 493 g/mol. The van der Waals surface area contributed by atoms with E-state index in [9.17, 15) is 18.5 Å². The van der Waals surface area contributed by atoms with Crippen LogP contribution in [0.5, 0.6) is 0 Å². The van der Waals surface area contributed by atoms with Crippen molar-refractivity contribution in [1.82, 2.24) is 14.8 Å². The molecule has 2 aromatic heterocycles. The number of amides is 1. The molecule has 0 spiro atoms. The van der Waals surface area contributed by atoms with Gasteiger partial charge in [-0.05, 0) is 50.5 Å². The number of anilines is 1. The molecule has 1 aliphatic heterocycles. The van der Waals surface area contributed by atoms with Crippen molar-refractivity contribution in [2.75, 3.05) is 16.8 Å². The molecule has 0 saturated carbocycles. The number of hydrogen-bond donors (Lipinski definition) is 1. The first-order valence-electron chi connectivity index (χ1n) is 10.9. The second-order valence-corrected chi connectivity index (χ2v) is 13.2. The first-order chi connectivity index (χ1) is 15.3. The van der Waals surface area contributed by atoms with E-state index in [4.69, 9.17) is 0 Å². The highest BCUT2D eigenvalue weighted by Crippen LogP contribution is 2.37. The quantitative estimate of drug-likeness (QED) is 0.485.